The highest BCUT2D eigenvalue weighted by Crippen LogP contribution is 2.27. The molecule has 28 heavy (non-hydrogen) atoms. The summed E-state index contributed by atoms with van der Waals surface area (Å²) in [6.07, 6.45) is 1.15. The summed E-state index contributed by atoms with van der Waals surface area (Å²) in [6.45, 7) is 4.41. The molecule has 0 saturated carbocycles. The average Bonchev–Trinajstić information content (AvgIpc) is 2.51. The number of hydrogen-bond donors (Lipinski definition) is 6. The van der Waals surface area contributed by atoms with E-state index in [2.05, 4.69) is 25.6 Å². The number of anilines is 2. The highest BCUT2D eigenvalue weighted by atomic mass is 16.5. The number of rotatable bonds is 5. The van der Waals surface area contributed by atoms with Gasteiger partial charge in [-0.1, -0.05) is 0 Å². The molecule has 0 aromatic carbocycles. The zero-order valence-corrected chi connectivity index (χ0v) is 15.7. The van der Waals surface area contributed by atoms with Crippen LogP contribution in [0.3, 0.4) is 0 Å². The molecule has 2 aromatic heterocycles. The monoisotopic (exact) mass is 384 g/mol. The number of likely N-dealkylation sites (tertiary alicyclic amines) is 1. The van der Waals surface area contributed by atoms with E-state index in [0.29, 0.717) is 37.0 Å². The van der Waals surface area contributed by atoms with E-state index in [1.807, 2.05) is 19.9 Å². The van der Waals surface area contributed by atoms with Gasteiger partial charge in [-0.2, -0.15) is 9.97 Å². The Morgan fingerprint density at radius 2 is 1.71 bits per heavy atom. The number of aromatic nitrogens is 3. The zero-order chi connectivity index (χ0) is 20.7. The van der Waals surface area contributed by atoms with E-state index in [4.69, 9.17) is 15.7 Å². The average molecular weight is 384 g/mol. The lowest BCUT2D eigenvalue weighted by Gasteiger charge is -2.38. The molecule has 1 aliphatic heterocycles. The van der Waals surface area contributed by atoms with E-state index in [1.165, 1.54) is 4.90 Å². The van der Waals surface area contributed by atoms with Crippen LogP contribution in [0.25, 0.3) is 11.0 Å². The predicted octanol–water partition coefficient (Wildman–Crippen LogP) is -1.54. The molecule has 3 rings (SSSR count). The SMILES string of the molecule is [B]C(O)(O)Nc1nc(NC2CCN(C([B])(O)O)CC2)nc2nc(C)cc(C)c12. The Kier molecular flexibility index (Phi) is 5.52. The topological polar surface area (TPSA) is 147 Å². The molecule has 1 saturated heterocycles. The van der Waals surface area contributed by atoms with Crippen LogP contribution in [0.1, 0.15) is 24.1 Å². The third kappa shape index (κ3) is 4.89. The van der Waals surface area contributed by atoms with E-state index < -0.39 is 11.6 Å². The van der Waals surface area contributed by atoms with Crippen LogP contribution in [0, 0.1) is 13.8 Å². The third-order valence-corrected chi connectivity index (χ3v) is 4.59. The molecule has 10 nitrogen and oxygen atoms in total. The summed E-state index contributed by atoms with van der Waals surface area (Å²) in [6, 6.07) is 1.79. The number of hydrogen-bond acceptors (Lipinski definition) is 10. The van der Waals surface area contributed by atoms with Gasteiger partial charge in [-0.25, -0.2) is 4.98 Å². The van der Waals surface area contributed by atoms with Gasteiger partial charge in [0.2, 0.25) is 5.95 Å². The summed E-state index contributed by atoms with van der Waals surface area (Å²) in [5, 5.41) is 44.1. The molecule has 4 radical (unpaired) electrons. The molecule has 12 heteroatoms. The van der Waals surface area contributed by atoms with E-state index in [9.17, 15) is 20.4 Å². The van der Waals surface area contributed by atoms with Crippen LogP contribution in [-0.2, 0) is 0 Å². The van der Waals surface area contributed by atoms with Crippen molar-refractivity contribution in [2.45, 2.75) is 44.4 Å². The minimum Gasteiger partial charge on any atom is -0.362 e. The molecule has 0 bridgehead atoms. The molecule has 1 aliphatic rings. The number of pyridine rings is 1. The van der Waals surface area contributed by atoms with Gasteiger partial charge in [-0.15, -0.1) is 0 Å². The lowest BCUT2D eigenvalue weighted by molar-refractivity contribution is -0.202. The highest BCUT2D eigenvalue weighted by molar-refractivity contribution is 6.14. The number of nitrogens with one attached hydrogen (secondary N) is 2. The molecule has 0 spiro atoms. The smallest absolute Gasteiger partial charge is 0.226 e. The Morgan fingerprint density at radius 3 is 2.29 bits per heavy atom. The van der Waals surface area contributed by atoms with Crippen LogP contribution >= 0.6 is 0 Å². The normalized spacial score (nSPS) is 17.1. The van der Waals surface area contributed by atoms with Gasteiger partial charge in [-0.05, 0) is 38.3 Å². The largest absolute Gasteiger partial charge is 0.362 e. The van der Waals surface area contributed by atoms with Gasteiger partial charge in [0.15, 0.2) is 33.0 Å². The molecule has 0 atom stereocenters. The Labute approximate surface area is 164 Å². The van der Waals surface area contributed by atoms with Crippen molar-refractivity contribution in [2.24, 2.45) is 0 Å². The molecular formula is C16H22B2N6O4. The summed E-state index contributed by atoms with van der Waals surface area (Å²) in [5.41, 5.74) is 1.94. The van der Waals surface area contributed by atoms with Crippen molar-refractivity contribution in [3.8, 4) is 0 Å². The second-order valence-electron chi connectivity index (χ2n) is 7.12. The highest BCUT2D eigenvalue weighted by Gasteiger charge is 2.30. The van der Waals surface area contributed by atoms with Gasteiger partial charge in [0.25, 0.3) is 0 Å². The van der Waals surface area contributed by atoms with Crippen LogP contribution in [0.4, 0.5) is 11.8 Å². The quantitative estimate of drug-likeness (QED) is 0.265. The Balaban J connectivity index is 1.88. The zero-order valence-electron chi connectivity index (χ0n) is 15.7. The minimum atomic E-state index is -2.66. The van der Waals surface area contributed by atoms with Crippen molar-refractivity contribution >= 4 is 38.5 Å². The molecule has 0 unspecified atom stereocenters. The summed E-state index contributed by atoms with van der Waals surface area (Å²) >= 11 is 0. The summed E-state index contributed by atoms with van der Waals surface area (Å²) in [5.74, 6) is -4.63. The van der Waals surface area contributed by atoms with Crippen LogP contribution in [0.2, 0.25) is 0 Å². The predicted molar refractivity (Wildman–Crippen MR) is 104 cm³/mol. The lowest BCUT2D eigenvalue weighted by atomic mass is 9.97. The Morgan fingerprint density at radius 1 is 1.07 bits per heavy atom. The first-order chi connectivity index (χ1) is 12.9. The fourth-order valence-corrected chi connectivity index (χ4v) is 3.34. The van der Waals surface area contributed by atoms with Gasteiger partial charge in [0, 0.05) is 24.8 Å². The van der Waals surface area contributed by atoms with Crippen LogP contribution in [-0.4, -0.2) is 86.7 Å². The maximum absolute atomic E-state index is 9.55. The van der Waals surface area contributed by atoms with Gasteiger partial charge >= 0.3 is 0 Å². The molecular weight excluding hydrogens is 362 g/mol. The fourth-order valence-electron chi connectivity index (χ4n) is 3.34. The van der Waals surface area contributed by atoms with E-state index >= 15 is 0 Å². The molecule has 146 valence electrons. The van der Waals surface area contributed by atoms with Crippen LogP contribution in [0.5, 0.6) is 0 Å². The fraction of sp³-hybridized carbons (Fsp3) is 0.562. The van der Waals surface area contributed by atoms with Gasteiger partial charge in [0.05, 0.1) is 5.39 Å². The lowest BCUT2D eigenvalue weighted by Crippen LogP contribution is -2.54. The van der Waals surface area contributed by atoms with Crippen molar-refractivity contribution < 1.29 is 20.4 Å². The number of fused-ring (bicyclic) bond motifs is 1. The maximum atomic E-state index is 9.55. The first-order valence-electron chi connectivity index (χ1n) is 8.85. The third-order valence-electron chi connectivity index (χ3n) is 4.59. The maximum Gasteiger partial charge on any atom is 0.226 e. The summed E-state index contributed by atoms with van der Waals surface area (Å²) in [7, 11) is 10.6. The standard InChI is InChI=1S/C16H22B2N6O4/c1-8-7-9(2)19-12-11(8)13(23-15(17,25)26)22-14(21-12)20-10-3-5-24(6-4-10)16(18,27)28/h7,10,25-28H,3-6H2,1-2H3,(H2,19,20,21,22,23). The van der Waals surface area contributed by atoms with Crippen LogP contribution in [0.15, 0.2) is 6.07 Å². The van der Waals surface area contributed by atoms with Crippen LogP contribution < -0.4 is 10.6 Å². The molecule has 6 N–H and O–H groups in total. The van der Waals surface area contributed by atoms with Crippen molar-refractivity contribution in [3.05, 3.63) is 17.3 Å². The Bertz CT molecular complexity index is 863. The van der Waals surface area contributed by atoms with E-state index in [-0.39, 0.29) is 17.8 Å². The number of piperidine rings is 1. The van der Waals surface area contributed by atoms with Gasteiger partial charge in [0.1, 0.15) is 5.82 Å². The molecule has 0 amide bonds. The second-order valence-corrected chi connectivity index (χ2v) is 7.12. The second kappa shape index (κ2) is 7.45. The molecule has 3 heterocycles. The number of aryl methyl sites for hydroxylation is 2. The van der Waals surface area contributed by atoms with Crippen molar-refractivity contribution in [1.29, 1.82) is 0 Å². The van der Waals surface area contributed by atoms with Crippen molar-refractivity contribution in [1.82, 2.24) is 19.9 Å². The van der Waals surface area contributed by atoms with E-state index in [1.54, 1.807) is 0 Å². The van der Waals surface area contributed by atoms with E-state index in [0.717, 1.165) is 11.3 Å². The van der Waals surface area contributed by atoms with Crippen molar-refractivity contribution in [2.75, 3.05) is 23.7 Å². The van der Waals surface area contributed by atoms with Gasteiger partial charge < -0.3 is 31.1 Å². The molecule has 2 aromatic rings. The molecule has 1 fully saturated rings. The van der Waals surface area contributed by atoms with Gasteiger partial charge in [-0.3, -0.25) is 4.90 Å². The minimum absolute atomic E-state index is 0.0410. The molecule has 0 aliphatic carbocycles. The summed E-state index contributed by atoms with van der Waals surface area (Å²) < 4.78 is 0. The van der Waals surface area contributed by atoms with Crippen molar-refractivity contribution in [3.63, 3.8) is 0 Å². The first kappa shape index (κ1) is 20.7. The first-order valence-corrected chi connectivity index (χ1v) is 8.85. The summed E-state index contributed by atoms with van der Waals surface area (Å²) in [4.78, 5) is 14.5. The number of nitrogens with zero attached hydrogens (tertiary/aromatic N) is 4. The number of aliphatic hydroxyl groups is 4. The Hall–Kier alpha value is -1.98.